The van der Waals surface area contributed by atoms with E-state index in [4.69, 9.17) is 4.74 Å². The Bertz CT molecular complexity index is 529. The van der Waals surface area contributed by atoms with Gasteiger partial charge in [0, 0.05) is 17.1 Å². The Hall–Kier alpha value is -0.870. The SMILES string of the molecule is Cc1cc(CBr)cnc1Oc1ccccc1Br. The van der Waals surface area contributed by atoms with Crippen molar-refractivity contribution in [1.82, 2.24) is 4.98 Å². The lowest BCUT2D eigenvalue weighted by atomic mass is 10.2. The number of benzene rings is 1. The highest BCUT2D eigenvalue weighted by atomic mass is 79.9. The summed E-state index contributed by atoms with van der Waals surface area (Å²) in [5, 5.41) is 0.802. The second-order valence-corrected chi connectivity index (χ2v) is 5.05. The fraction of sp³-hybridized carbons (Fsp3) is 0.154. The molecule has 0 saturated carbocycles. The van der Waals surface area contributed by atoms with E-state index in [0.717, 1.165) is 26.7 Å². The first kappa shape index (κ1) is 12.6. The minimum atomic E-state index is 0.640. The Morgan fingerprint density at radius 1 is 1.29 bits per heavy atom. The van der Waals surface area contributed by atoms with Crippen LogP contribution in [0.2, 0.25) is 0 Å². The van der Waals surface area contributed by atoms with Gasteiger partial charge in [0.2, 0.25) is 5.88 Å². The van der Waals surface area contributed by atoms with Gasteiger partial charge in [0.05, 0.1) is 4.47 Å². The van der Waals surface area contributed by atoms with Gasteiger partial charge in [-0.1, -0.05) is 28.1 Å². The highest BCUT2D eigenvalue weighted by Gasteiger charge is 2.06. The number of aromatic nitrogens is 1. The van der Waals surface area contributed by atoms with Crippen LogP contribution in [0.3, 0.4) is 0 Å². The molecule has 0 bridgehead atoms. The Balaban J connectivity index is 2.28. The maximum Gasteiger partial charge on any atom is 0.222 e. The molecule has 2 nitrogen and oxygen atoms in total. The van der Waals surface area contributed by atoms with E-state index in [-0.39, 0.29) is 0 Å². The Morgan fingerprint density at radius 2 is 2.06 bits per heavy atom. The average molecular weight is 357 g/mol. The zero-order chi connectivity index (χ0) is 12.3. The number of rotatable bonds is 3. The van der Waals surface area contributed by atoms with Crippen LogP contribution in [0.1, 0.15) is 11.1 Å². The number of pyridine rings is 1. The minimum Gasteiger partial charge on any atom is -0.438 e. The Morgan fingerprint density at radius 3 is 2.71 bits per heavy atom. The molecule has 0 atom stereocenters. The number of para-hydroxylation sites is 1. The van der Waals surface area contributed by atoms with Gasteiger partial charge in [0.25, 0.3) is 0 Å². The van der Waals surface area contributed by atoms with Crippen molar-refractivity contribution in [3.05, 3.63) is 52.1 Å². The molecule has 0 spiro atoms. The van der Waals surface area contributed by atoms with Crippen molar-refractivity contribution >= 4 is 31.9 Å². The second kappa shape index (κ2) is 5.65. The second-order valence-electron chi connectivity index (χ2n) is 3.63. The van der Waals surface area contributed by atoms with Crippen molar-refractivity contribution in [1.29, 1.82) is 0 Å². The van der Waals surface area contributed by atoms with Gasteiger partial charge in [-0.25, -0.2) is 4.98 Å². The number of alkyl halides is 1. The highest BCUT2D eigenvalue weighted by Crippen LogP contribution is 2.29. The zero-order valence-electron chi connectivity index (χ0n) is 9.28. The average Bonchev–Trinajstić information content (AvgIpc) is 2.34. The van der Waals surface area contributed by atoms with Crippen LogP contribution in [0, 0.1) is 6.92 Å². The van der Waals surface area contributed by atoms with Gasteiger partial charge >= 0.3 is 0 Å². The molecule has 0 aliphatic rings. The summed E-state index contributed by atoms with van der Waals surface area (Å²) in [6.07, 6.45) is 1.81. The van der Waals surface area contributed by atoms with E-state index in [0.29, 0.717) is 5.88 Å². The number of aryl methyl sites for hydroxylation is 1. The third kappa shape index (κ3) is 3.07. The molecule has 2 aromatic rings. The van der Waals surface area contributed by atoms with Gasteiger partial charge < -0.3 is 4.74 Å². The van der Waals surface area contributed by atoms with Crippen LogP contribution in [-0.4, -0.2) is 4.98 Å². The lowest BCUT2D eigenvalue weighted by Crippen LogP contribution is -1.93. The molecule has 1 aromatic carbocycles. The van der Waals surface area contributed by atoms with Gasteiger partial charge in [-0.15, -0.1) is 0 Å². The van der Waals surface area contributed by atoms with Crippen LogP contribution < -0.4 is 4.74 Å². The third-order valence-electron chi connectivity index (χ3n) is 2.28. The lowest BCUT2D eigenvalue weighted by Gasteiger charge is -2.09. The molecule has 0 N–H and O–H groups in total. The van der Waals surface area contributed by atoms with Crippen molar-refractivity contribution in [3.63, 3.8) is 0 Å². The van der Waals surface area contributed by atoms with Crippen LogP contribution in [0.25, 0.3) is 0 Å². The number of hydrogen-bond donors (Lipinski definition) is 0. The summed E-state index contributed by atoms with van der Waals surface area (Å²) in [6, 6.07) is 9.79. The van der Waals surface area contributed by atoms with Gasteiger partial charge in [-0.05, 0) is 46.6 Å². The maximum absolute atomic E-state index is 5.77. The van der Waals surface area contributed by atoms with E-state index in [1.165, 1.54) is 0 Å². The van der Waals surface area contributed by atoms with Crippen LogP contribution >= 0.6 is 31.9 Å². The molecule has 4 heteroatoms. The molecule has 0 saturated heterocycles. The Labute approximate surface area is 117 Å². The molecule has 2 rings (SSSR count). The first-order valence-electron chi connectivity index (χ1n) is 5.14. The van der Waals surface area contributed by atoms with E-state index in [2.05, 4.69) is 42.9 Å². The lowest BCUT2D eigenvalue weighted by molar-refractivity contribution is 0.456. The number of hydrogen-bond acceptors (Lipinski definition) is 2. The van der Waals surface area contributed by atoms with Gasteiger partial charge in [0.1, 0.15) is 5.75 Å². The molecule has 0 aliphatic heterocycles. The smallest absolute Gasteiger partial charge is 0.222 e. The van der Waals surface area contributed by atoms with E-state index in [1.54, 1.807) is 0 Å². The number of halogens is 2. The van der Waals surface area contributed by atoms with Crippen molar-refractivity contribution in [3.8, 4) is 11.6 Å². The molecule has 88 valence electrons. The fourth-order valence-electron chi connectivity index (χ4n) is 1.43. The van der Waals surface area contributed by atoms with E-state index in [9.17, 15) is 0 Å². The van der Waals surface area contributed by atoms with E-state index in [1.807, 2.05) is 37.4 Å². The van der Waals surface area contributed by atoms with Crippen LogP contribution in [0.15, 0.2) is 41.0 Å². The van der Waals surface area contributed by atoms with Crippen LogP contribution in [0.5, 0.6) is 11.6 Å². The number of nitrogens with zero attached hydrogens (tertiary/aromatic N) is 1. The first-order valence-corrected chi connectivity index (χ1v) is 7.06. The molecule has 0 unspecified atom stereocenters. The van der Waals surface area contributed by atoms with Crippen molar-refractivity contribution in [2.75, 3.05) is 0 Å². The summed E-state index contributed by atoms with van der Waals surface area (Å²) in [5.41, 5.74) is 2.17. The molecule has 1 aromatic heterocycles. The molecule has 17 heavy (non-hydrogen) atoms. The fourth-order valence-corrected chi connectivity index (χ4v) is 2.10. The van der Waals surface area contributed by atoms with Gasteiger partial charge in [0.15, 0.2) is 0 Å². The Kier molecular flexibility index (Phi) is 4.18. The zero-order valence-corrected chi connectivity index (χ0v) is 12.5. The van der Waals surface area contributed by atoms with Gasteiger partial charge in [-0.3, -0.25) is 0 Å². The summed E-state index contributed by atoms with van der Waals surface area (Å²) in [7, 11) is 0. The van der Waals surface area contributed by atoms with E-state index >= 15 is 0 Å². The molecule has 0 amide bonds. The van der Waals surface area contributed by atoms with Crippen molar-refractivity contribution < 1.29 is 4.74 Å². The number of ether oxygens (including phenoxy) is 1. The topological polar surface area (TPSA) is 22.1 Å². The van der Waals surface area contributed by atoms with Crippen LogP contribution in [0.4, 0.5) is 0 Å². The molecule has 0 fully saturated rings. The van der Waals surface area contributed by atoms with Crippen molar-refractivity contribution in [2.45, 2.75) is 12.3 Å². The van der Waals surface area contributed by atoms with Crippen molar-refractivity contribution in [2.24, 2.45) is 0 Å². The summed E-state index contributed by atoms with van der Waals surface area (Å²) in [4.78, 5) is 4.31. The van der Waals surface area contributed by atoms with E-state index < -0.39 is 0 Å². The predicted octanol–water partition coefficient (Wildman–Crippen LogP) is 4.84. The molecule has 0 radical (unpaired) electrons. The molecule has 0 aliphatic carbocycles. The molecular weight excluding hydrogens is 346 g/mol. The summed E-state index contributed by atoms with van der Waals surface area (Å²) >= 11 is 6.85. The predicted molar refractivity (Wildman–Crippen MR) is 75.8 cm³/mol. The minimum absolute atomic E-state index is 0.640. The standard InChI is InChI=1S/C13H11Br2NO/c1-9-6-10(7-14)8-16-13(9)17-12-5-3-2-4-11(12)15/h2-6,8H,7H2,1H3. The highest BCUT2D eigenvalue weighted by molar-refractivity contribution is 9.10. The molecular formula is C13H11Br2NO. The van der Waals surface area contributed by atoms with Crippen LogP contribution in [-0.2, 0) is 5.33 Å². The van der Waals surface area contributed by atoms with Gasteiger partial charge in [-0.2, -0.15) is 0 Å². The monoisotopic (exact) mass is 355 g/mol. The normalized spacial score (nSPS) is 10.3. The first-order chi connectivity index (χ1) is 8.20. The molecule has 1 heterocycles. The third-order valence-corrected chi connectivity index (χ3v) is 3.59. The summed E-state index contributed by atoms with van der Waals surface area (Å²) in [5.74, 6) is 1.41. The largest absolute Gasteiger partial charge is 0.438 e. The quantitative estimate of drug-likeness (QED) is 0.734. The summed E-state index contributed by atoms with van der Waals surface area (Å²) < 4.78 is 6.69. The maximum atomic E-state index is 5.77. The summed E-state index contributed by atoms with van der Waals surface area (Å²) in [6.45, 7) is 1.99.